The Kier molecular flexibility index (Phi) is 6.27. The molecule has 1 atom stereocenters. The number of benzene rings is 1. The van der Waals surface area contributed by atoms with Crippen LogP contribution in [0.25, 0.3) is 33.5 Å². The van der Waals surface area contributed by atoms with Crippen LogP contribution < -0.4 is 10.1 Å². The standard InChI is InChI=1S/C23H27ClN6O3/c1-13(6-5-9-23(2,3)32)27-22(31)33-18-12-26-21-20(18)28-16(11-25-21)19-15-8-7-14(24)10-17(15)30(4)29-19/h7-8,10-13,32H,5-6,9H2,1-4H3,(H,25,26)(H,27,31). The van der Waals surface area contributed by atoms with Gasteiger partial charge in [0.1, 0.15) is 11.4 Å². The van der Waals surface area contributed by atoms with Crippen molar-refractivity contribution in [3.8, 4) is 17.1 Å². The van der Waals surface area contributed by atoms with Gasteiger partial charge in [-0.05, 0) is 58.2 Å². The lowest BCUT2D eigenvalue weighted by Gasteiger charge is -2.18. The van der Waals surface area contributed by atoms with Crippen LogP contribution in [0.4, 0.5) is 4.79 Å². The zero-order valence-electron chi connectivity index (χ0n) is 19.0. The van der Waals surface area contributed by atoms with Crippen molar-refractivity contribution in [2.45, 2.75) is 51.7 Å². The zero-order valence-corrected chi connectivity index (χ0v) is 19.8. The van der Waals surface area contributed by atoms with E-state index in [2.05, 4.69) is 25.4 Å². The van der Waals surface area contributed by atoms with Crippen LogP contribution in [0.1, 0.15) is 40.0 Å². The van der Waals surface area contributed by atoms with Gasteiger partial charge in [0.05, 0.1) is 17.3 Å². The molecule has 10 heteroatoms. The highest BCUT2D eigenvalue weighted by Gasteiger charge is 2.18. The lowest BCUT2D eigenvalue weighted by atomic mass is 10.00. The van der Waals surface area contributed by atoms with Gasteiger partial charge in [-0.2, -0.15) is 5.10 Å². The molecule has 33 heavy (non-hydrogen) atoms. The number of hydrogen-bond donors (Lipinski definition) is 3. The summed E-state index contributed by atoms with van der Waals surface area (Å²) in [4.78, 5) is 24.5. The number of aromatic nitrogens is 5. The van der Waals surface area contributed by atoms with Crippen molar-refractivity contribution in [2.75, 3.05) is 0 Å². The van der Waals surface area contributed by atoms with Crippen molar-refractivity contribution in [1.82, 2.24) is 30.0 Å². The van der Waals surface area contributed by atoms with Gasteiger partial charge in [-0.15, -0.1) is 0 Å². The van der Waals surface area contributed by atoms with Gasteiger partial charge in [0, 0.05) is 29.7 Å². The highest BCUT2D eigenvalue weighted by atomic mass is 35.5. The van der Waals surface area contributed by atoms with Crippen LogP contribution in [0, 0.1) is 0 Å². The highest BCUT2D eigenvalue weighted by molar-refractivity contribution is 6.31. The predicted molar refractivity (Wildman–Crippen MR) is 127 cm³/mol. The lowest BCUT2D eigenvalue weighted by Crippen LogP contribution is -2.35. The summed E-state index contributed by atoms with van der Waals surface area (Å²) < 4.78 is 7.25. The molecule has 0 saturated heterocycles. The molecule has 3 N–H and O–H groups in total. The van der Waals surface area contributed by atoms with Crippen molar-refractivity contribution in [3.05, 3.63) is 35.6 Å². The summed E-state index contributed by atoms with van der Waals surface area (Å²) in [7, 11) is 1.84. The second-order valence-electron chi connectivity index (χ2n) is 8.88. The molecule has 1 unspecified atom stereocenters. The number of carbonyl (C=O) groups excluding carboxylic acids is 1. The largest absolute Gasteiger partial charge is 0.412 e. The summed E-state index contributed by atoms with van der Waals surface area (Å²) >= 11 is 6.12. The first kappa shape index (κ1) is 23.0. The summed E-state index contributed by atoms with van der Waals surface area (Å²) in [5, 5.41) is 18.7. The Morgan fingerprint density at radius 2 is 2.18 bits per heavy atom. The van der Waals surface area contributed by atoms with E-state index in [-0.39, 0.29) is 11.8 Å². The number of nitrogens with zero attached hydrogens (tertiary/aromatic N) is 4. The maximum absolute atomic E-state index is 12.4. The van der Waals surface area contributed by atoms with Crippen LogP contribution in [0.15, 0.2) is 30.6 Å². The van der Waals surface area contributed by atoms with E-state index in [1.807, 2.05) is 26.1 Å². The first-order valence-corrected chi connectivity index (χ1v) is 11.2. The second-order valence-corrected chi connectivity index (χ2v) is 9.32. The average molecular weight is 471 g/mol. The van der Waals surface area contributed by atoms with E-state index in [1.165, 1.54) is 0 Å². The van der Waals surface area contributed by atoms with E-state index in [1.54, 1.807) is 37.0 Å². The number of aryl methyl sites for hydroxylation is 1. The Hall–Kier alpha value is -3.17. The average Bonchev–Trinajstić information content (AvgIpc) is 3.27. The van der Waals surface area contributed by atoms with Gasteiger partial charge in [-0.1, -0.05) is 11.6 Å². The summed E-state index contributed by atoms with van der Waals surface area (Å²) in [5.41, 5.74) is 2.32. The summed E-state index contributed by atoms with van der Waals surface area (Å²) in [6, 6.07) is 5.45. The van der Waals surface area contributed by atoms with Gasteiger partial charge in [0.2, 0.25) is 0 Å². The fraction of sp³-hybridized carbons (Fsp3) is 0.391. The van der Waals surface area contributed by atoms with E-state index in [4.69, 9.17) is 16.3 Å². The molecule has 4 aromatic rings. The molecule has 0 spiro atoms. The van der Waals surface area contributed by atoms with E-state index in [0.29, 0.717) is 34.0 Å². The molecule has 9 nitrogen and oxygen atoms in total. The van der Waals surface area contributed by atoms with Crippen LogP contribution in [0.2, 0.25) is 5.02 Å². The minimum absolute atomic E-state index is 0.0987. The van der Waals surface area contributed by atoms with Crippen LogP contribution in [-0.2, 0) is 7.05 Å². The normalized spacial score (nSPS) is 12.9. The SMILES string of the molecule is CC(CCCC(C)(C)O)NC(=O)Oc1c[nH]c2ncc(-c3nn(C)c4cc(Cl)ccc34)nc12. The van der Waals surface area contributed by atoms with Crippen molar-refractivity contribution in [3.63, 3.8) is 0 Å². The van der Waals surface area contributed by atoms with E-state index in [0.717, 1.165) is 23.7 Å². The Bertz CT molecular complexity index is 1310. The third kappa shape index (κ3) is 5.26. The predicted octanol–water partition coefficient (Wildman–Crippen LogP) is 4.58. The third-order valence-electron chi connectivity index (χ3n) is 5.39. The third-order valence-corrected chi connectivity index (χ3v) is 5.63. The molecule has 0 radical (unpaired) electrons. The number of nitrogens with one attached hydrogen (secondary N) is 2. The summed E-state index contributed by atoms with van der Waals surface area (Å²) in [5.74, 6) is 0.281. The second kappa shape index (κ2) is 8.99. The Balaban J connectivity index is 1.52. The van der Waals surface area contributed by atoms with Gasteiger partial charge in [-0.3, -0.25) is 4.68 Å². The number of ether oxygens (including phenoxy) is 1. The van der Waals surface area contributed by atoms with E-state index >= 15 is 0 Å². The fourth-order valence-electron chi connectivity index (χ4n) is 3.72. The molecule has 4 rings (SSSR count). The zero-order chi connectivity index (χ0) is 23.8. The monoisotopic (exact) mass is 470 g/mol. The highest BCUT2D eigenvalue weighted by Crippen LogP contribution is 2.30. The van der Waals surface area contributed by atoms with Crippen molar-refractivity contribution in [1.29, 1.82) is 0 Å². The molecule has 0 aliphatic heterocycles. The maximum Gasteiger partial charge on any atom is 0.412 e. The Morgan fingerprint density at radius 3 is 2.94 bits per heavy atom. The van der Waals surface area contributed by atoms with Crippen molar-refractivity contribution < 1.29 is 14.6 Å². The van der Waals surface area contributed by atoms with E-state index in [9.17, 15) is 9.90 Å². The molecule has 1 aromatic carbocycles. The molecule has 0 bridgehead atoms. The van der Waals surface area contributed by atoms with Crippen LogP contribution in [0.3, 0.4) is 0 Å². The number of amides is 1. The van der Waals surface area contributed by atoms with Gasteiger partial charge in [-0.25, -0.2) is 14.8 Å². The lowest BCUT2D eigenvalue weighted by molar-refractivity contribution is 0.0676. The topological polar surface area (TPSA) is 118 Å². The summed E-state index contributed by atoms with van der Waals surface area (Å²) in [6.45, 7) is 5.44. The van der Waals surface area contributed by atoms with Crippen LogP contribution >= 0.6 is 11.6 Å². The number of fused-ring (bicyclic) bond motifs is 2. The minimum atomic E-state index is -0.716. The fourth-order valence-corrected chi connectivity index (χ4v) is 3.89. The maximum atomic E-state index is 12.4. The van der Waals surface area contributed by atoms with Gasteiger partial charge >= 0.3 is 6.09 Å². The van der Waals surface area contributed by atoms with Gasteiger partial charge < -0.3 is 20.1 Å². The van der Waals surface area contributed by atoms with E-state index < -0.39 is 11.7 Å². The van der Waals surface area contributed by atoms with Gasteiger partial charge in [0.15, 0.2) is 16.9 Å². The number of carbonyl (C=O) groups is 1. The van der Waals surface area contributed by atoms with Crippen molar-refractivity contribution in [2.24, 2.45) is 7.05 Å². The number of halogens is 1. The number of aliphatic hydroxyl groups is 1. The van der Waals surface area contributed by atoms with Crippen LogP contribution in [-0.4, -0.2) is 47.6 Å². The number of aromatic amines is 1. The number of rotatable bonds is 7. The molecular weight excluding hydrogens is 444 g/mol. The first-order valence-electron chi connectivity index (χ1n) is 10.8. The molecule has 3 aromatic heterocycles. The smallest absolute Gasteiger partial charge is 0.406 e. The number of hydrogen-bond acceptors (Lipinski definition) is 6. The number of H-pyrrole nitrogens is 1. The quantitative estimate of drug-likeness (QED) is 0.363. The molecule has 0 saturated carbocycles. The molecule has 0 fully saturated rings. The molecule has 3 heterocycles. The Labute approximate surface area is 196 Å². The van der Waals surface area contributed by atoms with Crippen molar-refractivity contribution >= 4 is 39.8 Å². The molecular formula is C23H27ClN6O3. The molecule has 174 valence electrons. The summed E-state index contributed by atoms with van der Waals surface area (Å²) in [6.07, 6.45) is 4.79. The molecule has 1 amide bonds. The Morgan fingerprint density at radius 1 is 1.39 bits per heavy atom. The molecule has 0 aliphatic carbocycles. The minimum Gasteiger partial charge on any atom is -0.406 e. The first-order chi connectivity index (χ1) is 15.6. The van der Waals surface area contributed by atoms with Gasteiger partial charge in [0.25, 0.3) is 0 Å². The van der Waals surface area contributed by atoms with Crippen LogP contribution in [0.5, 0.6) is 5.75 Å². The molecule has 0 aliphatic rings.